The second-order valence-corrected chi connectivity index (χ2v) is 5.46. The highest BCUT2D eigenvalue weighted by Crippen LogP contribution is 2.31. The Morgan fingerprint density at radius 2 is 2.13 bits per heavy atom. The number of carboxylic acid groups (broad SMARTS) is 1. The van der Waals surface area contributed by atoms with E-state index in [4.69, 9.17) is 4.74 Å². The maximum absolute atomic E-state index is 11.3. The molecule has 0 bridgehead atoms. The molecule has 2 rings (SSSR count). The second-order valence-electron chi connectivity index (χ2n) is 5.46. The van der Waals surface area contributed by atoms with Gasteiger partial charge in [0.25, 0.3) is 0 Å². The van der Waals surface area contributed by atoms with Crippen LogP contribution < -0.4 is 4.74 Å². The molecular weight excluding hydrogens is 294 g/mol. The van der Waals surface area contributed by atoms with E-state index in [2.05, 4.69) is 4.98 Å². The highest BCUT2D eigenvalue weighted by atomic mass is 16.5. The van der Waals surface area contributed by atoms with Crippen LogP contribution in [0, 0.1) is 0 Å². The third kappa shape index (κ3) is 4.16. The van der Waals surface area contributed by atoms with Gasteiger partial charge in [0.1, 0.15) is 6.61 Å². The van der Waals surface area contributed by atoms with Gasteiger partial charge in [-0.2, -0.15) is 0 Å². The molecule has 1 aromatic carbocycles. The van der Waals surface area contributed by atoms with Gasteiger partial charge in [0.2, 0.25) is 5.88 Å². The normalized spacial score (nSPS) is 10.6. The molecular formula is C18H19NO4. The highest BCUT2D eigenvalue weighted by Gasteiger charge is 2.16. The van der Waals surface area contributed by atoms with Gasteiger partial charge in [-0.1, -0.05) is 32.0 Å². The molecule has 0 saturated carbocycles. The molecule has 1 heterocycles. The quantitative estimate of drug-likeness (QED) is 0.795. The summed E-state index contributed by atoms with van der Waals surface area (Å²) in [6.45, 7) is 4.01. The van der Waals surface area contributed by atoms with E-state index in [1.54, 1.807) is 18.3 Å². The van der Waals surface area contributed by atoms with Crippen molar-refractivity contribution in [3.63, 3.8) is 0 Å². The molecule has 0 aliphatic carbocycles. The van der Waals surface area contributed by atoms with Crippen molar-refractivity contribution in [2.45, 2.75) is 26.2 Å². The predicted octanol–water partition coefficient (Wildman–Crippen LogP) is 3.08. The monoisotopic (exact) mass is 313 g/mol. The van der Waals surface area contributed by atoms with E-state index in [1.807, 2.05) is 32.0 Å². The van der Waals surface area contributed by atoms with Crippen molar-refractivity contribution in [2.24, 2.45) is 0 Å². The van der Waals surface area contributed by atoms with Crippen LogP contribution in [0.4, 0.5) is 0 Å². The van der Waals surface area contributed by atoms with Crippen molar-refractivity contribution >= 4 is 12.3 Å². The SMILES string of the molecule is CC(C)c1cccc(-c2ccnc(OCC=O)c2)c1CC(=O)O. The van der Waals surface area contributed by atoms with Crippen molar-refractivity contribution in [3.8, 4) is 17.0 Å². The summed E-state index contributed by atoms with van der Waals surface area (Å²) >= 11 is 0. The molecule has 0 atom stereocenters. The number of hydrogen-bond donors (Lipinski definition) is 1. The molecule has 0 amide bonds. The highest BCUT2D eigenvalue weighted by molar-refractivity contribution is 5.78. The zero-order chi connectivity index (χ0) is 16.8. The summed E-state index contributed by atoms with van der Waals surface area (Å²) in [5.41, 5.74) is 3.47. The van der Waals surface area contributed by atoms with Crippen LogP contribution in [0.15, 0.2) is 36.5 Å². The van der Waals surface area contributed by atoms with Crippen LogP contribution in [0.2, 0.25) is 0 Å². The molecule has 0 unspecified atom stereocenters. The number of aromatic nitrogens is 1. The topological polar surface area (TPSA) is 76.5 Å². The number of carbonyl (C=O) groups excluding carboxylic acids is 1. The zero-order valence-electron chi connectivity index (χ0n) is 13.2. The first kappa shape index (κ1) is 16.7. The van der Waals surface area contributed by atoms with Crippen molar-refractivity contribution in [3.05, 3.63) is 47.7 Å². The fourth-order valence-corrected chi connectivity index (χ4v) is 2.54. The molecule has 0 aliphatic rings. The molecule has 0 spiro atoms. The molecule has 0 aliphatic heterocycles. The number of aliphatic carboxylic acids is 1. The van der Waals surface area contributed by atoms with Crippen LogP contribution in [0.1, 0.15) is 30.9 Å². The van der Waals surface area contributed by atoms with E-state index in [0.29, 0.717) is 12.2 Å². The molecule has 5 heteroatoms. The average Bonchev–Trinajstić information content (AvgIpc) is 2.52. The number of aldehydes is 1. The van der Waals surface area contributed by atoms with Crippen LogP contribution >= 0.6 is 0 Å². The van der Waals surface area contributed by atoms with Crippen LogP contribution in [0.3, 0.4) is 0 Å². The number of nitrogens with zero attached hydrogens (tertiary/aromatic N) is 1. The predicted molar refractivity (Wildman–Crippen MR) is 86.7 cm³/mol. The number of ether oxygens (including phenoxy) is 1. The van der Waals surface area contributed by atoms with Gasteiger partial charge in [0.05, 0.1) is 6.42 Å². The smallest absolute Gasteiger partial charge is 0.307 e. The lowest BCUT2D eigenvalue weighted by Gasteiger charge is -2.16. The minimum Gasteiger partial charge on any atom is -0.481 e. The Balaban J connectivity index is 2.51. The summed E-state index contributed by atoms with van der Waals surface area (Å²) in [6, 6.07) is 9.29. The van der Waals surface area contributed by atoms with Crippen molar-refractivity contribution < 1.29 is 19.4 Å². The Labute approximate surface area is 134 Å². The number of carbonyl (C=O) groups is 2. The van der Waals surface area contributed by atoms with Crippen LogP contribution in [0.25, 0.3) is 11.1 Å². The first-order valence-electron chi connectivity index (χ1n) is 7.39. The van der Waals surface area contributed by atoms with Crippen molar-refractivity contribution in [1.82, 2.24) is 4.98 Å². The number of hydrogen-bond acceptors (Lipinski definition) is 4. The summed E-state index contributed by atoms with van der Waals surface area (Å²) in [7, 11) is 0. The Bertz CT molecular complexity index is 710. The molecule has 5 nitrogen and oxygen atoms in total. The van der Waals surface area contributed by atoms with Gasteiger partial charge in [0, 0.05) is 12.3 Å². The van der Waals surface area contributed by atoms with Crippen LogP contribution in [-0.4, -0.2) is 29.0 Å². The number of pyridine rings is 1. The van der Waals surface area contributed by atoms with Gasteiger partial charge in [-0.15, -0.1) is 0 Å². The lowest BCUT2D eigenvalue weighted by atomic mass is 9.89. The molecule has 2 aromatic rings. The minimum atomic E-state index is -0.870. The maximum Gasteiger partial charge on any atom is 0.307 e. The average molecular weight is 313 g/mol. The largest absolute Gasteiger partial charge is 0.481 e. The molecule has 120 valence electrons. The fourth-order valence-electron chi connectivity index (χ4n) is 2.54. The standard InChI is InChI=1S/C18H19NO4/c1-12(2)14-4-3-5-15(16(14)11-18(21)22)13-6-7-19-17(10-13)23-9-8-20/h3-8,10,12H,9,11H2,1-2H3,(H,21,22). The van der Waals surface area contributed by atoms with Crippen LogP contribution in [0.5, 0.6) is 5.88 Å². The molecule has 0 radical (unpaired) electrons. The second kappa shape index (κ2) is 7.54. The van der Waals surface area contributed by atoms with Gasteiger partial charge < -0.3 is 9.84 Å². The fraction of sp³-hybridized carbons (Fsp3) is 0.278. The molecule has 1 N–H and O–H groups in total. The molecule has 0 fully saturated rings. The van der Waals surface area contributed by atoms with E-state index in [0.717, 1.165) is 22.3 Å². The third-order valence-electron chi connectivity index (χ3n) is 3.51. The summed E-state index contributed by atoms with van der Waals surface area (Å²) in [5, 5.41) is 9.24. The molecule has 23 heavy (non-hydrogen) atoms. The van der Waals surface area contributed by atoms with E-state index in [-0.39, 0.29) is 18.9 Å². The van der Waals surface area contributed by atoms with Gasteiger partial charge in [0.15, 0.2) is 6.29 Å². The molecule has 0 saturated heterocycles. The van der Waals surface area contributed by atoms with Gasteiger partial charge in [-0.3, -0.25) is 9.59 Å². The Morgan fingerprint density at radius 3 is 2.78 bits per heavy atom. The third-order valence-corrected chi connectivity index (χ3v) is 3.51. The number of rotatable bonds is 7. The summed E-state index contributed by atoms with van der Waals surface area (Å²) in [5.74, 6) is -0.311. The number of carboxylic acids is 1. The lowest BCUT2D eigenvalue weighted by molar-refractivity contribution is -0.136. The summed E-state index contributed by atoms with van der Waals surface area (Å²) in [6.07, 6.45) is 2.20. The van der Waals surface area contributed by atoms with E-state index < -0.39 is 5.97 Å². The van der Waals surface area contributed by atoms with E-state index >= 15 is 0 Å². The van der Waals surface area contributed by atoms with Gasteiger partial charge in [-0.25, -0.2) is 4.98 Å². The van der Waals surface area contributed by atoms with E-state index in [1.165, 1.54) is 0 Å². The maximum atomic E-state index is 11.3. The minimum absolute atomic E-state index is 0.0451. The Hall–Kier alpha value is -2.69. The number of benzene rings is 1. The first-order chi connectivity index (χ1) is 11.0. The van der Waals surface area contributed by atoms with Crippen LogP contribution in [-0.2, 0) is 16.0 Å². The van der Waals surface area contributed by atoms with Gasteiger partial charge in [-0.05, 0) is 34.2 Å². The molecule has 1 aromatic heterocycles. The lowest BCUT2D eigenvalue weighted by Crippen LogP contribution is -2.07. The summed E-state index contributed by atoms with van der Waals surface area (Å²) in [4.78, 5) is 25.7. The first-order valence-corrected chi connectivity index (χ1v) is 7.39. The Kier molecular flexibility index (Phi) is 5.46. The summed E-state index contributed by atoms with van der Waals surface area (Å²) < 4.78 is 5.22. The van der Waals surface area contributed by atoms with Crippen molar-refractivity contribution in [2.75, 3.05) is 6.61 Å². The zero-order valence-corrected chi connectivity index (χ0v) is 13.2. The van der Waals surface area contributed by atoms with E-state index in [9.17, 15) is 14.7 Å². The van der Waals surface area contributed by atoms with Gasteiger partial charge >= 0.3 is 5.97 Å². The Morgan fingerprint density at radius 1 is 1.35 bits per heavy atom. The van der Waals surface area contributed by atoms with Crippen molar-refractivity contribution in [1.29, 1.82) is 0 Å².